The van der Waals surface area contributed by atoms with Crippen molar-refractivity contribution in [2.45, 2.75) is 20.1 Å². The van der Waals surface area contributed by atoms with Crippen LogP contribution in [0.1, 0.15) is 21.5 Å². The summed E-state index contributed by atoms with van der Waals surface area (Å²) in [7, 11) is 3.01. The maximum atomic E-state index is 12.1. The maximum Gasteiger partial charge on any atom is 0.251 e. The highest BCUT2D eigenvalue weighted by Gasteiger charge is 2.10. The van der Waals surface area contributed by atoms with Gasteiger partial charge in [-0.25, -0.2) is 0 Å². The molecule has 0 bridgehead atoms. The standard InChI is InChI=1S/C21H27N3O4/c1-14-5-8-18(11-15(14)2)22-12-19(25)24-17-9-6-16(7-10-17)21(26)23-13-20(27-3)28-4/h5-11,20,22H,12-13H2,1-4H3,(H,23,26)(H,24,25). The monoisotopic (exact) mass is 385 g/mol. The Morgan fingerprint density at radius 1 is 0.929 bits per heavy atom. The van der Waals surface area contributed by atoms with Crippen molar-refractivity contribution in [2.24, 2.45) is 0 Å². The van der Waals surface area contributed by atoms with E-state index in [1.165, 1.54) is 25.3 Å². The molecule has 0 aliphatic carbocycles. The number of hydrogen-bond donors (Lipinski definition) is 3. The molecule has 0 fully saturated rings. The first-order valence-corrected chi connectivity index (χ1v) is 8.97. The van der Waals surface area contributed by atoms with Gasteiger partial charge in [0.15, 0.2) is 6.29 Å². The molecule has 0 spiro atoms. The first kappa shape index (κ1) is 21.4. The van der Waals surface area contributed by atoms with E-state index >= 15 is 0 Å². The Kier molecular flexibility index (Phi) is 7.98. The summed E-state index contributed by atoms with van der Waals surface area (Å²) in [6.07, 6.45) is -0.493. The van der Waals surface area contributed by atoms with Gasteiger partial charge in [-0.05, 0) is 61.4 Å². The summed E-state index contributed by atoms with van der Waals surface area (Å²) >= 11 is 0. The zero-order valence-electron chi connectivity index (χ0n) is 16.7. The van der Waals surface area contributed by atoms with Crippen LogP contribution in [-0.4, -0.2) is 45.4 Å². The van der Waals surface area contributed by atoms with E-state index in [9.17, 15) is 9.59 Å². The van der Waals surface area contributed by atoms with E-state index in [-0.39, 0.29) is 24.9 Å². The Balaban J connectivity index is 1.83. The van der Waals surface area contributed by atoms with Crippen LogP contribution in [0.25, 0.3) is 0 Å². The van der Waals surface area contributed by atoms with Crippen molar-refractivity contribution < 1.29 is 19.1 Å². The highest BCUT2D eigenvalue weighted by Crippen LogP contribution is 2.14. The number of hydrogen-bond acceptors (Lipinski definition) is 5. The fourth-order valence-corrected chi connectivity index (χ4v) is 2.48. The van der Waals surface area contributed by atoms with E-state index < -0.39 is 6.29 Å². The summed E-state index contributed by atoms with van der Waals surface area (Å²) in [5.74, 6) is -0.410. The third kappa shape index (κ3) is 6.37. The van der Waals surface area contributed by atoms with Gasteiger partial charge in [-0.1, -0.05) is 6.07 Å². The average molecular weight is 385 g/mol. The Morgan fingerprint density at radius 2 is 1.57 bits per heavy atom. The number of methoxy groups -OCH3 is 2. The molecule has 7 heteroatoms. The first-order chi connectivity index (χ1) is 13.4. The van der Waals surface area contributed by atoms with E-state index in [0.29, 0.717) is 11.3 Å². The zero-order valence-corrected chi connectivity index (χ0v) is 16.7. The summed E-state index contributed by atoms with van der Waals surface area (Å²) in [5, 5.41) is 8.62. The molecule has 0 saturated carbocycles. The Labute approximate surface area is 165 Å². The van der Waals surface area contributed by atoms with Crippen LogP contribution in [0.5, 0.6) is 0 Å². The molecule has 2 aromatic rings. The minimum absolute atomic E-state index is 0.153. The topological polar surface area (TPSA) is 88.7 Å². The van der Waals surface area contributed by atoms with E-state index in [1.54, 1.807) is 24.3 Å². The van der Waals surface area contributed by atoms with Crippen molar-refractivity contribution in [3.63, 3.8) is 0 Å². The Morgan fingerprint density at radius 3 is 2.18 bits per heavy atom. The molecule has 150 valence electrons. The van der Waals surface area contributed by atoms with Crippen LogP contribution in [0.3, 0.4) is 0 Å². The lowest BCUT2D eigenvalue weighted by atomic mass is 10.1. The lowest BCUT2D eigenvalue weighted by molar-refractivity contribution is -0.114. The molecule has 0 unspecified atom stereocenters. The summed E-state index contributed by atoms with van der Waals surface area (Å²) in [4.78, 5) is 24.2. The molecule has 2 aromatic carbocycles. The summed E-state index contributed by atoms with van der Waals surface area (Å²) in [6, 6.07) is 12.6. The molecule has 0 heterocycles. The molecule has 7 nitrogen and oxygen atoms in total. The largest absolute Gasteiger partial charge is 0.376 e. The van der Waals surface area contributed by atoms with Gasteiger partial charge < -0.3 is 25.4 Å². The van der Waals surface area contributed by atoms with Gasteiger partial charge in [0.1, 0.15) is 0 Å². The van der Waals surface area contributed by atoms with E-state index in [0.717, 1.165) is 5.69 Å². The van der Waals surface area contributed by atoms with Gasteiger partial charge in [-0.2, -0.15) is 0 Å². The van der Waals surface area contributed by atoms with Gasteiger partial charge in [0.2, 0.25) is 5.91 Å². The number of rotatable bonds is 9. The van der Waals surface area contributed by atoms with Crippen LogP contribution in [0.15, 0.2) is 42.5 Å². The summed E-state index contributed by atoms with van der Waals surface area (Å²) in [6.45, 7) is 4.47. The first-order valence-electron chi connectivity index (χ1n) is 8.97. The van der Waals surface area contributed by atoms with Crippen LogP contribution < -0.4 is 16.0 Å². The number of carbonyl (C=O) groups excluding carboxylic acids is 2. The molecule has 0 atom stereocenters. The molecule has 0 aliphatic rings. The summed E-state index contributed by atoms with van der Waals surface area (Å²) in [5.41, 5.74) is 4.38. The van der Waals surface area contributed by atoms with Crippen LogP contribution >= 0.6 is 0 Å². The number of anilines is 2. The van der Waals surface area contributed by atoms with Crippen LogP contribution in [0, 0.1) is 13.8 Å². The molecular weight excluding hydrogens is 358 g/mol. The smallest absolute Gasteiger partial charge is 0.251 e. The number of carbonyl (C=O) groups is 2. The minimum Gasteiger partial charge on any atom is -0.376 e. The predicted octanol–water partition coefficient (Wildman–Crippen LogP) is 2.70. The molecule has 0 aromatic heterocycles. The molecule has 0 aliphatic heterocycles. The van der Waals surface area contributed by atoms with Gasteiger partial charge in [0, 0.05) is 31.2 Å². The second-order valence-corrected chi connectivity index (χ2v) is 6.39. The van der Waals surface area contributed by atoms with Gasteiger partial charge in [-0.3, -0.25) is 9.59 Å². The third-order valence-electron chi connectivity index (χ3n) is 4.35. The molecule has 0 saturated heterocycles. The number of nitrogens with one attached hydrogen (secondary N) is 3. The van der Waals surface area contributed by atoms with Crippen molar-refractivity contribution in [1.82, 2.24) is 5.32 Å². The fourth-order valence-electron chi connectivity index (χ4n) is 2.48. The highest BCUT2D eigenvalue weighted by molar-refractivity contribution is 5.96. The molecule has 0 radical (unpaired) electrons. The van der Waals surface area contributed by atoms with Gasteiger partial charge in [-0.15, -0.1) is 0 Å². The molecule has 3 N–H and O–H groups in total. The Bertz CT molecular complexity index is 802. The average Bonchev–Trinajstić information content (AvgIpc) is 2.70. The molecular formula is C21H27N3O4. The highest BCUT2D eigenvalue weighted by atomic mass is 16.7. The van der Waals surface area contributed by atoms with E-state index in [1.807, 2.05) is 32.0 Å². The van der Waals surface area contributed by atoms with Crippen LogP contribution in [0.4, 0.5) is 11.4 Å². The molecule has 2 amide bonds. The summed E-state index contributed by atoms with van der Waals surface area (Å²) < 4.78 is 10.1. The van der Waals surface area contributed by atoms with Crippen molar-refractivity contribution in [2.75, 3.05) is 37.9 Å². The van der Waals surface area contributed by atoms with Crippen molar-refractivity contribution in [3.05, 3.63) is 59.2 Å². The van der Waals surface area contributed by atoms with Gasteiger partial charge >= 0.3 is 0 Å². The molecule has 28 heavy (non-hydrogen) atoms. The quantitative estimate of drug-likeness (QED) is 0.578. The number of aryl methyl sites for hydroxylation is 2. The third-order valence-corrected chi connectivity index (χ3v) is 4.35. The lowest BCUT2D eigenvalue weighted by Gasteiger charge is -2.14. The van der Waals surface area contributed by atoms with Crippen LogP contribution in [0.2, 0.25) is 0 Å². The van der Waals surface area contributed by atoms with Crippen molar-refractivity contribution >= 4 is 23.2 Å². The second-order valence-electron chi connectivity index (χ2n) is 6.39. The fraction of sp³-hybridized carbons (Fsp3) is 0.333. The normalized spacial score (nSPS) is 10.6. The second kappa shape index (κ2) is 10.4. The molecule has 2 rings (SSSR count). The number of benzene rings is 2. The maximum absolute atomic E-state index is 12.1. The van der Waals surface area contributed by atoms with E-state index in [4.69, 9.17) is 9.47 Å². The number of ether oxygens (including phenoxy) is 2. The van der Waals surface area contributed by atoms with Gasteiger partial charge in [0.25, 0.3) is 5.91 Å². The van der Waals surface area contributed by atoms with Crippen molar-refractivity contribution in [1.29, 1.82) is 0 Å². The zero-order chi connectivity index (χ0) is 20.5. The lowest BCUT2D eigenvalue weighted by Crippen LogP contribution is -2.34. The Hall–Kier alpha value is -2.90. The van der Waals surface area contributed by atoms with Crippen molar-refractivity contribution in [3.8, 4) is 0 Å². The van der Waals surface area contributed by atoms with Gasteiger partial charge in [0.05, 0.1) is 13.1 Å². The number of amides is 2. The predicted molar refractivity (Wildman–Crippen MR) is 110 cm³/mol. The minimum atomic E-state index is -0.493. The van der Waals surface area contributed by atoms with Crippen LogP contribution in [-0.2, 0) is 14.3 Å². The van der Waals surface area contributed by atoms with E-state index in [2.05, 4.69) is 16.0 Å². The SMILES string of the molecule is COC(CNC(=O)c1ccc(NC(=O)CNc2ccc(C)c(C)c2)cc1)OC.